The summed E-state index contributed by atoms with van der Waals surface area (Å²) in [4.78, 5) is 11.4. The van der Waals surface area contributed by atoms with Crippen molar-refractivity contribution >= 4 is 17.7 Å². The van der Waals surface area contributed by atoms with Gasteiger partial charge in [-0.3, -0.25) is 4.79 Å². The lowest BCUT2D eigenvalue weighted by Gasteiger charge is -2.45. The summed E-state index contributed by atoms with van der Waals surface area (Å²) in [5, 5.41) is 19.9. The summed E-state index contributed by atoms with van der Waals surface area (Å²) in [6.07, 6.45) is 2.21. The van der Waals surface area contributed by atoms with E-state index >= 15 is 0 Å². The molecule has 2 N–H and O–H groups in total. The summed E-state index contributed by atoms with van der Waals surface area (Å²) >= 11 is 1.79. The van der Waals surface area contributed by atoms with E-state index in [1.807, 2.05) is 13.8 Å². The van der Waals surface area contributed by atoms with Crippen LogP contribution in [0.1, 0.15) is 39.5 Å². The second-order valence-corrected chi connectivity index (χ2v) is 5.46. The summed E-state index contributed by atoms with van der Waals surface area (Å²) in [6, 6.07) is 0. The van der Waals surface area contributed by atoms with Crippen LogP contribution in [0.5, 0.6) is 0 Å². The fraction of sp³-hybridized carbons (Fsp3) is 0.909. The largest absolute Gasteiger partial charge is 0.481 e. The molecule has 1 heterocycles. The molecule has 0 radical (unpaired) electrons. The Kier molecular flexibility index (Phi) is 4.06. The van der Waals surface area contributed by atoms with Crippen LogP contribution in [0.3, 0.4) is 0 Å². The molecule has 0 aromatic heterocycles. The van der Waals surface area contributed by atoms with E-state index in [1.54, 1.807) is 11.8 Å². The van der Waals surface area contributed by atoms with Crippen LogP contribution in [0, 0.1) is 5.41 Å². The summed E-state index contributed by atoms with van der Waals surface area (Å²) in [6.45, 7) is 3.72. The van der Waals surface area contributed by atoms with Gasteiger partial charge in [-0.1, -0.05) is 13.8 Å². The van der Waals surface area contributed by atoms with Crippen molar-refractivity contribution in [2.75, 3.05) is 11.5 Å². The van der Waals surface area contributed by atoms with Gasteiger partial charge in [0.05, 0.1) is 11.0 Å². The number of carbonyl (C=O) groups is 1. The molecular formula is C11H20O3S. The molecule has 0 bridgehead atoms. The zero-order valence-corrected chi connectivity index (χ0v) is 10.3. The minimum Gasteiger partial charge on any atom is -0.481 e. The van der Waals surface area contributed by atoms with Crippen LogP contribution in [0.15, 0.2) is 0 Å². The molecule has 0 saturated carbocycles. The molecule has 15 heavy (non-hydrogen) atoms. The number of carboxylic acid groups (broad SMARTS) is 1. The van der Waals surface area contributed by atoms with Gasteiger partial charge in [0.15, 0.2) is 0 Å². The standard InChI is InChI=1S/C11H20O3S/c1-3-10(4-2,9(12)13)11(14)5-7-15-8-6-11/h14H,3-8H2,1-2H3,(H,12,13). The van der Waals surface area contributed by atoms with Crippen molar-refractivity contribution in [1.82, 2.24) is 0 Å². The maximum atomic E-state index is 11.4. The van der Waals surface area contributed by atoms with Crippen molar-refractivity contribution in [3.05, 3.63) is 0 Å². The molecule has 1 fully saturated rings. The maximum Gasteiger partial charge on any atom is 0.312 e. The quantitative estimate of drug-likeness (QED) is 0.779. The molecule has 0 atom stereocenters. The molecule has 88 valence electrons. The Bertz CT molecular complexity index is 230. The third-order valence-corrected chi connectivity index (χ3v) is 4.81. The average molecular weight is 232 g/mol. The van der Waals surface area contributed by atoms with E-state index in [2.05, 4.69) is 0 Å². The predicted octanol–water partition coefficient (Wildman–Crippen LogP) is 2.14. The molecule has 0 amide bonds. The van der Waals surface area contributed by atoms with Crippen LogP contribution in [0.4, 0.5) is 0 Å². The third-order valence-electron chi connectivity index (χ3n) is 3.83. The van der Waals surface area contributed by atoms with Gasteiger partial charge < -0.3 is 10.2 Å². The fourth-order valence-electron chi connectivity index (χ4n) is 2.60. The van der Waals surface area contributed by atoms with Crippen molar-refractivity contribution in [3.63, 3.8) is 0 Å². The minimum absolute atomic E-state index is 0.500. The van der Waals surface area contributed by atoms with Gasteiger partial charge in [-0.05, 0) is 37.2 Å². The highest BCUT2D eigenvalue weighted by Crippen LogP contribution is 2.46. The summed E-state index contributed by atoms with van der Waals surface area (Å²) < 4.78 is 0. The molecule has 1 rings (SSSR count). The zero-order chi connectivity index (χ0) is 11.5. The van der Waals surface area contributed by atoms with Gasteiger partial charge in [0, 0.05) is 0 Å². The Labute approximate surface area is 95.3 Å². The SMILES string of the molecule is CCC(CC)(C(=O)O)C1(O)CCSCC1. The number of rotatable bonds is 4. The number of carboxylic acids is 1. The van der Waals surface area contributed by atoms with Crippen molar-refractivity contribution in [2.45, 2.75) is 45.1 Å². The Balaban J connectivity index is 3.00. The molecular weight excluding hydrogens is 212 g/mol. The molecule has 0 unspecified atom stereocenters. The van der Waals surface area contributed by atoms with Gasteiger partial charge in [0.1, 0.15) is 0 Å². The van der Waals surface area contributed by atoms with Crippen LogP contribution in [-0.4, -0.2) is 33.3 Å². The Morgan fingerprint density at radius 2 is 1.80 bits per heavy atom. The molecule has 0 aliphatic carbocycles. The number of aliphatic carboxylic acids is 1. The molecule has 1 aliphatic rings. The highest BCUT2D eigenvalue weighted by atomic mass is 32.2. The minimum atomic E-state index is -1.01. The lowest BCUT2D eigenvalue weighted by atomic mass is 9.65. The first-order valence-corrected chi connectivity index (χ1v) is 6.71. The van der Waals surface area contributed by atoms with Crippen LogP contribution in [-0.2, 0) is 4.79 Å². The number of hydrogen-bond donors (Lipinski definition) is 2. The van der Waals surface area contributed by atoms with Crippen LogP contribution in [0.2, 0.25) is 0 Å². The van der Waals surface area contributed by atoms with Crippen molar-refractivity contribution < 1.29 is 15.0 Å². The van der Waals surface area contributed by atoms with Gasteiger partial charge in [-0.15, -0.1) is 0 Å². The number of hydrogen-bond acceptors (Lipinski definition) is 3. The fourth-order valence-corrected chi connectivity index (χ4v) is 3.77. The first-order chi connectivity index (χ1) is 7.02. The van der Waals surface area contributed by atoms with Gasteiger partial charge in [-0.25, -0.2) is 0 Å². The van der Waals surface area contributed by atoms with Crippen molar-refractivity contribution in [3.8, 4) is 0 Å². The first-order valence-electron chi connectivity index (χ1n) is 5.56. The Hall–Kier alpha value is -0.220. The molecule has 4 heteroatoms. The average Bonchev–Trinajstić information content (AvgIpc) is 2.20. The summed E-state index contributed by atoms with van der Waals surface area (Å²) in [7, 11) is 0. The van der Waals surface area contributed by atoms with Crippen LogP contribution < -0.4 is 0 Å². The van der Waals surface area contributed by atoms with Gasteiger partial charge in [0.25, 0.3) is 0 Å². The van der Waals surface area contributed by atoms with E-state index in [0.717, 1.165) is 11.5 Å². The second kappa shape index (κ2) is 4.74. The van der Waals surface area contributed by atoms with E-state index in [0.29, 0.717) is 25.7 Å². The maximum absolute atomic E-state index is 11.4. The predicted molar refractivity (Wildman–Crippen MR) is 62.2 cm³/mol. The van der Waals surface area contributed by atoms with Gasteiger partial charge in [-0.2, -0.15) is 11.8 Å². The summed E-state index contributed by atoms with van der Waals surface area (Å²) in [5.41, 5.74) is -1.96. The van der Waals surface area contributed by atoms with E-state index in [1.165, 1.54) is 0 Å². The molecule has 0 spiro atoms. The smallest absolute Gasteiger partial charge is 0.312 e. The normalized spacial score (nSPS) is 21.3. The monoisotopic (exact) mass is 232 g/mol. The Morgan fingerprint density at radius 3 is 2.13 bits per heavy atom. The second-order valence-electron chi connectivity index (χ2n) is 4.24. The molecule has 1 saturated heterocycles. The third kappa shape index (κ3) is 2.02. The highest BCUT2D eigenvalue weighted by molar-refractivity contribution is 7.99. The lowest BCUT2D eigenvalue weighted by Crippen LogP contribution is -2.54. The van der Waals surface area contributed by atoms with E-state index in [4.69, 9.17) is 0 Å². The first kappa shape index (κ1) is 12.8. The summed E-state index contributed by atoms with van der Waals surface area (Å²) in [5.74, 6) is 0.888. The lowest BCUT2D eigenvalue weighted by molar-refractivity contribution is -0.172. The topological polar surface area (TPSA) is 57.5 Å². The highest BCUT2D eigenvalue weighted by Gasteiger charge is 2.53. The number of thioether (sulfide) groups is 1. The van der Waals surface area contributed by atoms with Gasteiger partial charge >= 0.3 is 5.97 Å². The zero-order valence-electron chi connectivity index (χ0n) is 9.45. The Morgan fingerprint density at radius 1 is 1.33 bits per heavy atom. The molecule has 1 aliphatic heterocycles. The van der Waals surface area contributed by atoms with Crippen molar-refractivity contribution in [2.24, 2.45) is 5.41 Å². The molecule has 0 aromatic carbocycles. The van der Waals surface area contributed by atoms with Crippen LogP contribution in [0.25, 0.3) is 0 Å². The van der Waals surface area contributed by atoms with Gasteiger partial charge in [0.2, 0.25) is 0 Å². The number of aliphatic hydroxyl groups is 1. The van der Waals surface area contributed by atoms with E-state index < -0.39 is 17.0 Å². The molecule has 0 aromatic rings. The molecule has 3 nitrogen and oxygen atoms in total. The van der Waals surface area contributed by atoms with Crippen LogP contribution >= 0.6 is 11.8 Å². The van der Waals surface area contributed by atoms with Crippen molar-refractivity contribution in [1.29, 1.82) is 0 Å². The van der Waals surface area contributed by atoms with E-state index in [-0.39, 0.29) is 0 Å². The van der Waals surface area contributed by atoms with E-state index in [9.17, 15) is 15.0 Å².